The van der Waals surface area contributed by atoms with Crippen LogP contribution in [0.1, 0.15) is 34.8 Å². The van der Waals surface area contributed by atoms with Crippen molar-refractivity contribution in [2.75, 3.05) is 38.5 Å². The molecular weight excluding hydrogens is 340 g/mol. The van der Waals surface area contributed by atoms with Crippen molar-refractivity contribution in [3.63, 3.8) is 0 Å². The number of nitrogens with two attached hydrogens (primary N) is 1. The lowest BCUT2D eigenvalue weighted by atomic mass is 9.96. The Balaban J connectivity index is 1.63. The van der Waals surface area contributed by atoms with Gasteiger partial charge in [-0.15, -0.1) is 0 Å². The molecule has 0 aliphatic carbocycles. The van der Waals surface area contributed by atoms with E-state index in [-0.39, 0.29) is 18.1 Å². The van der Waals surface area contributed by atoms with Gasteiger partial charge in [0.1, 0.15) is 5.82 Å². The molecule has 0 radical (unpaired) electrons. The van der Waals surface area contributed by atoms with Crippen molar-refractivity contribution in [2.45, 2.75) is 25.0 Å². The third kappa shape index (κ3) is 3.96. The number of nitrogens with zero attached hydrogens (tertiary/aromatic N) is 3. The van der Waals surface area contributed by atoms with Gasteiger partial charge in [0, 0.05) is 19.3 Å². The van der Waals surface area contributed by atoms with Crippen LogP contribution in [-0.4, -0.2) is 59.6 Å². The Morgan fingerprint density at radius 2 is 1.89 bits per heavy atom. The summed E-state index contributed by atoms with van der Waals surface area (Å²) in [5.74, 6) is 0.395. The predicted octanol–water partition coefficient (Wildman–Crippen LogP) is 2.34. The maximum atomic E-state index is 13.3. The smallest absolute Gasteiger partial charge is 0.256 e. The topological polar surface area (TPSA) is 71.7 Å². The zero-order valence-corrected chi connectivity index (χ0v) is 15.5. The van der Waals surface area contributed by atoms with E-state index in [2.05, 4.69) is 22.0 Å². The number of amides is 1. The maximum absolute atomic E-state index is 13.3. The maximum Gasteiger partial charge on any atom is 0.256 e. The summed E-state index contributed by atoms with van der Waals surface area (Å²) in [5, 5.41) is 0. The zero-order chi connectivity index (χ0) is 18.6. The Morgan fingerprint density at radius 1 is 1.11 bits per heavy atom. The van der Waals surface area contributed by atoms with Gasteiger partial charge in [0.25, 0.3) is 5.91 Å². The van der Waals surface area contributed by atoms with Gasteiger partial charge in [-0.3, -0.25) is 4.79 Å². The fourth-order valence-electron chi connectivity index (χ4n) is 4.08. The van der Waals surface area contributed by atoms with Crippen molar-refractivity contribution in [3.05, 3.63) is 59.8 Å². The van der Waals surface area contributed by atoms with Crippen LogP contribution in [0.15, 0.2) is 48.7 Å². The number of likely N-dealkylation sites (tertiary alicyclic amines) is 1. The quantitative estimate of drug-likeness (QED) is 0.899. The SMILES string of the molecule is Nc1ccc(C(=O)N2CCO[C@@H](CN3CCCC3)[C@@H]2c2ccccc2)cn1. The molecule has 0 unspecified atom stereocenters. The molecule has 2 aromatic rings. The van der Waals surface area contributed by atoms with E-state index < -0.39 is 0 Å². The number of rotatable bonds is 4. The number of hydrogen-bond acceptors (Lipinski definition) is 5. The third-order valence-corrected chi connectivity index (χ3v) is 5.42. The Morgan fingerprint density at radius 3 is 2.59 bits per heavy atom. The molecule has 1 aromatic heterocycles. The number of carbonyl (C=O) groups excluding carboxylic acids is 1. The largest absolute Gasteiger partial charge is 0.384 e. The van der Waals surface area contributed by atoms with Gasteiger partial charge in [0.05, 0.1) is 24.3 Å². The van der Waals surface area contributed by atoms with E-state index in [4.69, 9.17) is 10.5 Å². The van der Waals surface area contributed by atoms with Gasteiger partial charge in [-0.05, 0) is 43.6 Å². The van der Waals surface area contributed by atoms with Crippen LogP contribution in [0.3, 0.4) is 0 Å². The second kappa shape index (κ2) is 8.06. The van der Waals surface area contributed by atoms with Crippen LogP contribution >= 0.6 is 0 Å². The molecule has 2 N–H and O–H groups in total. The van der Waals surface area contributed by atoms with E-state index in [0.717, 1.165) is 25.2 Å². The van der Waals surface area contributed by atoms with E-state index in [0.29, 0.717) is 24.5 Å². The van der Waals surface area contributed by atoms with Gasteiger partial charge in [0.2, 0.25) is 0 Å². The number of ether oxygens (including phenoxy) is 1. The number of aromatic nitrogens is 1. The predicted molar refractivity (Wildman–Crippen MR) is 104 cm³/mol. The van der Waals surface area contributed by atoms with Crippen molar-refractivity contribution >= 4 is 11.7 Å². The lowest BCUT2D eigenvalue weighted by Crippen LogP contribution is -2.51. The van der Waals surface area contributed by atoms with Crippen LogP contribution in [0.5, 0.6) is 0 Å². The van der Waals surface area contributed by atoms with Gasteiger partial charge in [-0.25, -0.2) is 4.98 Å². The monoisotopic (exact) mass is 366 g/mol. The highest BCUT2D eigenvalue weighted by molar-refractivity contribution is 5.94. The third-order valence-electron chi connectivity index (χ3n) is 5.42. The average Bonchev–Trinajstić information content (AvgIpc) is 3.22. The van der Waals surface area contributed by atoms with E-state index in [1.165, 1.54) is 12.8 Å². The number of benzene rings is 1. The van der Waals surface area contributed by atoms with Crippen molar-refractivity contribution in [1.82, 2.24) is 14.8 Å². The molecule has 2 fully saturated rings. The first-order valence-electron chi connectivity index (χ1n) is 9.64. The molecule has 3 heterocycles. The first-order valence-corrected chi connectivity index (χ1v) is 9.64. The fourth-order valence-corrected chi connectivity index (χ4v) is 4.08. The van der Waals surface area contributed by atoms with E-state index >= 15 is 0 Å². The second-order valence-electron chi connectivity index (χ2n) is 7.24. The summed E-state index contributed by atoms with van der Waals surface area (Å²) < 4.78 is 6.17. The lowest BCUT2D eigenvalue weighted by molar-refractivity contribution is -0.0707. The average molecular weight is 366 g/mol. The minimum absolute atomic E-state index is 0.0222. The van der Waals surface area contributed by atoms with Crippen molar-refractivity contribution in [3.8, 4) is 0 Å². The summed E-state index contributed by atoms with van der Waals surface area (Å²) in [6, 6.07) is 13.5. The molecule has 6 heteroatoms. The lowest BCUT2D eigenvalue weighted by Gasteiger charge is -2.42. The molecular formula is C21H26N4O2. The molecule has 1 aromatic carbocycles. The molecule has 142 valence electrons. The van der Waals surface area contributed by atoms with E-state index in [1.54, 1.807) is 18.3 Å². The minimum Gasteiger partial charge on any atom is -0.384 e. The molecule has 0 saturated carbocycles. The normalized spacial score (nSPS) is 23.5. The highest BCUT2D eigenvalue weighted by atomic mass is 16.5. The molecule has 0 bridgehead atoms. The van der Waals surface area contributed by atoms with Crippen molar-refractivity contribution in [2.24, 2.45) is 0 Å². The van der Waals surface area contributed by atoms with Crippen LogP contribution in [0.25, 0.3) is 0 Å². The summed E-state index contributed by atoms with van der Waals surface area (Å²) in [6.07, 6.45) is 4.00. The first kappa shape index (κ1) is 17.9. The second-order valence-corrected chi connectivity index (χ2v) is 7.24. The van der Waals surface area contributed by atoms with Crippen LogP contribution in [-0.2, 0) is 4.74 Å². The number of pyridine rings is 1. The molecule has 0 spiro atoms. The van der Waals surface area contributed by atoms with Gasteiger partial charge >= 0.3 is 0 Å². The summed E-state index contributed by atoms with van der Waals surface area (Å²) in [4.78, 5) is 21.7. The van der Waals surface area contributed by atoms with E-state index in [9.17, 15) is 4.79 Å². The van der Waals surface area contributed by atoms with Crippen molar-refractivity contribution in [1.29, 1.82) is 0 Å². The molecule has 2 aliphatic heterocycles. The number of nitrogen functional groups attached to an aromatic ring is 1. The van der Waals surface area contributed by atoms with Crippen LogP contribution < -0.4 is 5.73 Å². The Kier molecular flexibility index (Phi) is 5.36. The molecule has 2 saturated heterocycles. The number of anilines is 1. The summed E-state index contributed by atoms with van der Waals surface area (Å²) in [6.45, 7) is 4.19. The molecule has 2 aliphatic rings. The highest BCUT2D eigenvalue weighted by Crippen LogP contribution is 2.32. The van der Waals surface area contributed by atoms with Crippen LogP contribution in [0.2, 0.25) is 0 Å². The Hall–Kier alpha value is -2.44. The number of hydrogen-bond donors (Lipinski definition) is 1. The standard InChI is InChI=1S/C21H26N4O2/c22-19-9-8-17(14-23-19)21(26)25-12-13-27-18(15-24-10-4-5-11-24)20(25)16-6-2-1-3-7-16/h1-3,6-9,14,18,20H,4-5,10-13,15H2,(H2,22,23)/t18-,20-/m0/s1. The zero-order valence-electron chi connectivity index (χ0n) is 15.5. The fraction of sp³-hybridized carbons (Fsp3) is 0.429. The van der Waals surface area contributed by atoms with E-state index in [1.807, 2.05) is 23.1 Å². The number of carbonyl (C=O) groups is 1. The highest BCUT2D eigenvalue weighted by Gasteiger charge is 2.37. The Bertz CT molecular complexity index is 760. The Labute approximate surface area is 159 Å². The van der Waals surface area contributed by atoms with Gasteiger partial charge in [-0.2, -0.15) is 0 Å². The van der Waals surface area contributed by atoms with Crippen LogP contribution in [0.4, 0.5) is 5.82 Å². The summed E-state index contributed by atoms with van der Waals surface area (Å²) in [7, 11) is 0. The minimum atomic E-state index is -0.106. The summed E-state index contributed by atoms with van der Waals surface area (Å²) in [5.41, 5.74) is 7.35. The van der Waals surface area contributed by atoms with Crippen LogP contribution in [0, 0.1) is 0 Å². The first-order chi connectivity index (χ1) is 13.2. The van der Waals surface area contributed by atoms with Gasteiger partial charge in [-0.1, -0.05) is 30.3 Å². The van der Waals surface area contributed by atoms with Crippen molar-refractivity contribution < 1.29 is 9.53 Å². The molecule has 1 amide bonds. The molecule has 2 atom stereocenters. The number of morpholine rings is 1. The molecule has 4 rings (SSSR count). The van der Waals surface area contributed by atoms with Gasteiger partial charge < -0.3 is 20.3 Å². The summed E-state index contributed by atoms with van der Waals surface area (Å²) >= 11 is 0. The van der Waals surface area contributed by atoms with Gasteiger partial charge in [0.15, 0.2) is 0 Å². The molecule has 6 nitrogen and oxygen atoms in total. The molecule has 27 heavy (non-hydrogen) atoms.